The van der Waals surface area contributed by atoms with E-state index in [4.69, 9.17) is 14.2 Å². The van der Waals surface area contributed by atoms with E-state index in [0.717, 1.165) is 0 Å². The number of benzene rings is 2. The summed E-state index contributed by atoms with van der Waals surface area (Å²) in [4.78, 5) is 49.8. The number of hydrogen-bond donors (Lipinski definition) is 1. The van der Waals surface area contributed by atoms with Gasteiger partial charge in [0.25, 0.3) is 5.91 Å². The molecule has 9 heteroatoms. The van der Waals surface area contributed by atoms with Gasteiger partial charge in [-0.1, -0.05) is 0 Å². The van der Waals surface area contributed by atoms with Crippen molar-refractivity contribution in [2.75, 3.05) is 37.6 Å². The normalized spacial score (nSPS) is 15.3. The summed E-state index contributed by atoms with van der Waals surface area (Å²) in [5.74, 6) is -1.18. The molecule has 0 aliphatic carbocycles. The monoisotopic (exact) mass is 440 g/mol. The Kier molecular flexibility index (Phi) is 7.09. The van der Waals surface area contributed by atoms with Gasteiger partial charge in [0.15, 0.2) is 12.4 Å². The number of nitrogens with zero attached hydrogens (tertiary/aromatic N) is 1. The number of ether oxygens (including phenoxy) is 3. The maximum atomic E-state index is 12.5. The minimum absolute atomic E-state index is 0.0344. The molecule has 0 bridgehead atoms. The summed E-state index contributed by atoms with van der Waals surface area (Å²) in [5.41, 5.74) is 1.50. The molecule has 1 N–H and O–H groups in total. The molecule has 0 saturated carbocycles. The van der Waals surface area contributed by atoms with E-state index >= 15 is 0 Å². The lowest BCUT2D eigenvalue weighted by molar-refractivity contribution is -0.151. The standard InChI is InChI=1S/C23H24N2O7/c1-14(26)15-4-6-17(7-5-15)24-21(27)13-32-23(29)16-10-22(28)25(12-16)19-11-18(30-2)8-9-20(19)31-3/h4-9,11,16H,10,12-13H2,1-3H3,(H,24,27)/t16-/m1/s1. The highest BCUT2D eigenvalue weighted by Gasteiger charge is 2.37. The lowest BCUT2D eigenvalue weighted by Gasteiger charge is -2.20. The summed E-state index contributed by atoms with van der Waals surface area (Å²) >= 11 is 0. The lowest BCUT2D eigenvalue weighted by atomic mass is 10.1. The van der Waals surface area contributed by atoms with Crippen molar-refractivity contribution in [3.05, 3.63) is 48.0 Å². The van der Waals surface area contributed by atoms with Crippen molar-refractivity contribution in [2.45, 2.75) is 13.3 Å². The van der Waals surface area contributed by atoms with E-state index in [-0.39, 0.29) is 24.7 Å². The number of methoxy groups -OCH3 is 2. The van der Waals surface area contributed by atoms with Gasteiger partial charge in [-0.05, 0) is 43.3 Å². The molecule has 9 nitrogen and oxygen atoms in total. The molecule has 3 rings (SSSR count). The highest BCUT2D eigenvalue weighted by atomic mass is 16.5. The van der Waals surface area contributed by atoms with E-state index in [9.17, 15) is 19.2 Å². The SMILES string of the molecule is COc1ccc(OC)c(N2C[C@H](C(=O)OCC(=O)Nc3ccc(C(C)=O)cc3)CC2=O)c1. The third-order valence-corrected chi connectivity index (χ3v) is 5.06. The first-order valence-electron chi connectivity index (χ1n) is 9.92. The number of nitrogens with one attached hydrogen (secondary N) is 1. The number of hydrogen-bond acceptors (Lipinski definition) is 7. The minimum atomic E-state index is -0.707. The van der Waals surface area contributed by atoms with E-state index in [1.807, 2.05) is 0 Å². The molecule has 0 aromatic heterocycles. The van der Waals surface area contributed by atoms with Gasteiger partial charge in [0.2, 0.25) is 5.91 Å². The lowest BCUT2D eigenvalue weighted by Crippen LogP contribution is -2.28. The molecule has 1 fully saturated rings. The van der Waals surface area contributed by atoms with Crippen LogP contribution in [-0.2, 0) is 19.1 Å². The van der Waals surface area contributed by atoms with Gasteiger partial charge in [-0.25, -0.2) is 0 Å². The molecule has 2 aromatic rings. The van der Waals surface area contributed by atoms with Crippen molar-refractivity contribution in [3.63, 3.8) is 0 Å². The molecular weight excluding hydrogens is 416 g/mol. The van der Waals surface area contributed by atoms with E-state index < -0.39 is 24.4 Å². The van der Waals surface area contributed by atoms with Crippen molar-refractivity contribution >= 4 is 34.9 Å². The summed E-state index contributed by atoms with van der Waals surface area (Å²) in [6.07, 6.45) is -0.0344. The number of carbonyl (C=O) groups is 4. The fourth-order valence-corrected chi connectivity index (χ4v) is 3.35. The van der Waals surface area contributed by atoms with Gasteiger partial charge in [-0.2, -0.15) is 0 Å². The molecule has 1 saturated heterocycles. The quantitative estimate of drug-likeness (QED) is 0.496. The number of amides is 2. The summed E-state index contributed by atoms with van der Waals surface area (Å²) in [7, 11) is 3.00. The zero-order valence-electron chi connectivity index (χ0n) is 18.0. The summed E-state index contributed by atoms with van der Waals surface area (Å²) in [5, 5.41) is 2.59. The Labute approximate surface area is 185 Å². The first-order chi connectivity index (χ1) is 15.3. The van der Waals surface area contributed by atoms with E-state index in [1.54, 1.807) is 42.5 Å². The maximum Gasteiger partial charge on any atom is 0.311 e. The highest BCUT2D eigenvalue weighted by molar-refractivity contribution is 6.01. The van der Waals surface area contributed by atoms with Crippen molar-refractivity contribution in [2.24, 2.45) is 5.92 Å². The van der Waals surface area contributed by atoms with E-state index in [2.05, 4.69) is 5.32 Å². The number of carbonyl (C=O) groups excluding carboxylic acids is 4. The second-order valence-electron chi connectivity index (χ2n) is 7.23. The Morgan fingerprint density at radius 1 is 1.06 bits per heavy atom. The topological polar surface area (TPSA) is 111 Å². The Morgan fingerprint density at radius 3 is 2.41 bits per heavy atom. The molecule has 1 aliphatic rings. The maximum absolute atomic E-state index is 12.5. The second kappa shape index (κ2) is 9.95. The zero-order chi connectivity index (χ0) is 23.3. The Hall–Kier alpha value is -3.88. The van der Waals surface area contributed by atoms with Crippen LogP contribution in [0.4, 0.5) is 11.4 Å². The van der Waals surface area contributed by atoms with Gasteiger partial charge >= 0.3 is 5.97 Å². The highest BCUT2D eigenvalue weighted by Crippen LogP contribution is 2.36. The first kappa shape index (κ1) is 22.8. The van der Waals surface area contributed by atoms with Crippen LogP contribution in [0.15, 0.2) is 42.5 Å². The Morgan fingerprint density at radius 2 is 1.78 bits per heavy atom. The van der Waals surface area contributed by atoms with Crippen molar-refractivity contribution in [1.29, 1.82) is 0 Å². The number of Topliss-reactive ketones (excluding diaryl/α,β-unsaturated/α-hetero) is 1. The van der Waals surface area contributed by atoms with Crippen molar-refractivity contribution in [3.8, 4) is 11.5 Å². The molecule has 1 heterocycles. The predicted octanol–water partition coefficient (Wildman–Crippen LogP) is 2.44. The number of anilines is 2. The third-order valence-electron chi connectivity index (χ3n) is 5.06. The molecule has 32 heavy (non-hydrogen) atoms. The fourth-order valence-electron chi connectivity index (χ4n) is 3.35. The van der Waals surface area contributed by atoms with Crippen LogP contribution in [0, 0.1) is 5.92 Å². The van der Waals surface area contributed by atoms with Crippen LogP contribution in [-0.4, -0.2) is 50.9 Å². The molecule has 1 aliphatic heterocycles. The molecule has 2 amide bonds. The van der Waals surface area contributed by atoms with E-state index in [0.29, 0.717) is 28.4 Å². The largest absolute Gasteiger partial charge is 0.497 e. The third kappa shape index (κ3) is 5.23. The smallest absolute Gasteiger partial charge is 0.311 e. The van der Waals surface area contributed by atoms with Crippen LogP contribution in [0.25, 0.3) is 0 Å². The molecule has 168 valence electrons. The van der Waals surface area contributed by atoms with Gasteiger partial charge in [-0.15, -0.1) is 0 Å². The van der Waals surface area contributed by atoms with Gasteiger partial charge < -0.3 is 24.4 Å². The zero-order valence-corrected chi connectivity index (χ0v) is 18.0. The number of esters is 1. The summed E-state index contributed by atoms with van der Waals surface area (Å²) < 4.78 is 15.6. The number of ketones is 1. The van der Waals surface area contributed by atoms with Crippen LogP contribution >= 0.6 is 0 Å². The average Bonchev–Trinajstić information content (AvgIpc) is 3.18. The molecule has 0 radical (unpaired) electrons. The second-order valence-corrected chi connectivity index (χ2v) is 7.23. The van der Waals surface area contributed by atoms with Gasteiger partial charge in [0, 0.05) is 30.3 Å². The van der Waals surface area contributed by atoms with Gasteiger partial charge in [0.1, 0.15) is 11.5 Å². The summed E-state index contributed by atoms with van der Waals surface area (Å²) in [6, 6.07) is 11.4. The van der Waals surface area contributed by atoms with Crippen molar-refractivity contribution < 1.29 is 33.4 Å². The van der Waals surface area contributed by atoms with Gasteiger partial charge in [0.05, 0.1) is 25.8 Å². The molecular formula is C23H24N2O7. The van der Waals surface area contributed by atoms with Crippen LogP contribution in [0.3, 0.4) is 0 Å². The first-order valence-corrected chi connectivity index (χ1v) is 9.92. The summed E-state index contributed by atoms with van der Waals surface area (Å²) in [6.45, 7) is 1.07. The van der Waals surface area contributed by atoms with Crippen LogP contribution < -0.4 is 19.7 Å². The molecule has 0 spiro atoms. The molecule has 1 atom stereocenters. The Balaban J connectivity index is 1.57. The number of rotatable bonds is 8. The molecule has 0 unspecified atom stereocenters. The average molecular weight is 440 g/mol. The fraction of sp³-hybridized carbons (Fsp3) is 0.304. The van der Waals surface area contributed by atoms with E-state index in [1.165, 1.54) is 26.0 Å². The predicted molar refractivity (Wildman–Crippen MR) is 116 cm³/mol. The molecule has 2 aromatic carbocycles. The van der Waals surface area contributed by atoms with Crippen LogP contribution in [0.1, 0.15) is 23.7 Å². The van der Waals surface area contributed by atoms with Crippen molar-refractivity contribution in [1.82, 2.24) is 0 Å². The van der Waals surface area contributed by atoms with Crippen LogP contribution in [0.2, 0.25) is 0 Å². The van der Waals surface area contributed by atoms with Gasteiger partial charge in [-0.3, -0.25) is 19.2 Å². The van der Waals surface area contributed by atoms with Crippen LogP contribution in [0.5, 0.6) is 11.5 Å². The Bertz CT molecular complexity index is 1030. The minimum Gasteiger partial charge on any atom is -0.497 e.